The van der Waals surface area contributed by atoms with Crippen LogP contribution in [-0.2, 0) is 9.59 Å². The summed E-state index contributed by atoms with van der Waals surface area (Å²) >= 11 is 0. The molecule has 0 aliphatic carbocycles. The Morgan fingerprint density at radius 2 is 1.27 bits per heavy atom. The number of likely N-dealkylation sites (N-methyl/N-ethyl adjacent to an activating group) is 1. The minimum atomic E-state index is -0.777. The first-order valence-electron chi connectivity index (χ1n) is 13.8. The number of nitrogens with one attached hydrogen (secondary N) is 1. The summed E-state index contributed by atoms with van der Waals surface area (Å²) in [6.07, 6.45) is 26.9. The Labute approximate surface area is 204 Å². The second-order valence-electron chi connectivity index (χ2n) is 9.70. The molecule has 0 fully saturated rings. The highest BCUT2D eigenvalue weighted by Gasteiger charge is 2.18. The van der Waals surface area contributed by atoms with Crippen molar-refractivity contribution in [2.75, 3.05) is 20.6 Å². The fourth-order valence-electron chi connectivity index (χ4n) is 4.09. The summed E-state index contributed by atoms with van der Waals surface area (Å²) in [5.74, 6) is -0.645. The molecule has 0 rings (SSSR count). The topological polar surface area (TPSA) is 69.6 Å². The maximum absolute atomic E-state index is 11.9. The summed E-state index contributed by atoms with van der Waals surface area (Å²) in [4.78, 5) is 24.8. The fourth-order valence-corrected chi connectivity index (χ4v) is 4.09. The van der Waals surface area contributed by atoms with Crippen LogP contribution in [0.25, 0.3) is 0 Å². The summed E-state index contributed by atoms with van der Waals surface area (Å²) < 4.78 is 0. The number of carbonyl (C=O) groups is 2. The van der Waals surface area contributed by atoms with Crippen LogP contribution in [0.4, 0.5) is 0 Å². The van der Waals surface area contributed by atoms with E-state index in [4.69, 9.17) is 5.11 Å². The summed E-state index contributed by atoms with van der Waals surface area (Å²) in [6.45, 7) is 2.90. The molecule has 1 atom stereocenters. The molecular weight excluding hydrogens is 412 g/mol. The lowest BCUT2D eigenvalue weighted by Gasteiger charge is -2.19. The molecule has 0 aromatic heterocycles. The molecule has 0 aliphatic heterocycles. The molecule has 0 saturated heterocycles. The number of carboxylic acids is 1. The Morgan fingerprint density at radius 3 is 1.79 bits per heavy atom. The zero-order valence-corrected chi connectivity index (χ0v) is 22.1. The summed E-state index contributed by atoms with van der Waals surface area (Å²) in [6, 6.07) is -0.437. The molecule has 0 aliphatic rings. The number of nitrogens with zero attached hydrogens (tertiary/aromatic N) is 1. The van der Waals surface area contributed by atoms with Gasteiger partial charge in [-0.25, -0.2) is 0 Å². The van der Waals surface area contributed by atoms with Crippen LogP contribution in [0.5, 0.6) is 0 Å². The third-order valence-electron chi connectivity index (χ3n) is 6.30. The molecule has 0 heterocycles. The predicted octanol–water partition coefficient (Wildman–Crippen LogP) is 7.11. The first kappa shape index (κ1) is 31.6. The van der Waals surface area contributed by atoms with E-state index >= 15 is 0 Å². The van der Waals surface area contributed by atoms with Gasteiger partial charge in [0.15, 0.2) is 0 Å². The van der Waals surface area contributed by atoms with Crippen LogP contribution in [0.15, 0.2) is 12.2 Å². The molecule has 0 unspecified atom stereocenters. The van der Waals surface area contributed by atoms with Crippen LogP contribution in [-0.4, -0.2) is 48.6 Å². The first-order chi connectivity index (χ1) is 16.0. The normalized spacial score (nSPS) is 12.5. The quantitative estimate of drug-likeness (QED) is 0.117. The molecule has 0 radical (unpaired) electrons. The van der Waals surface area contributed by atoms with Gasteiger partial charge in [0.25, 0.3) is 0 Å². The van der Waals surface area contributed by atoms with Crippen molar-refractivity contribution in [2.24, 2.45) is 0 Å². The molecule has 0 aromatic rings. The maximum atomic E-state index is 11.9. The molecule has 0 saturated carbocycles. The van der Waals surface area contributed by atoms with E-state index in [2.05, 4.69) is 24.4 Å². The average molecular weight is 467 g/mol. The van der Waals surface area contributed by atoms with Gasteiger partial charge in [-0.15, -0.1) is 0 Å². The second-order valence-corrected chi connectivity index (χ2v) is 9.70. The summed E-state index contributed by atoms with van der Waals surface area (Å²) in [7, 11) is 3.58. The van der Waals surface area contributed by atoms with E-state index in [1.807, 2.05) is 0 Å². The lowest BCUT2D eigenvalue weighted by Crippen LogP contribution is -2.35. The van der Waals surface area contributed by atoms with E-state index in [9.17, 15) is 9.59 Å². The van der Waals surface area contributed by atoms with E-state index in [0.29, 0.717) is 19.4 Å². The number of amides is 1. The number of allylic oxidation sites excluding steroid dienone is 2. The number of hydrogen-bond acceptors (Lipinski definition) is 3. The van der Waals surface area contributed by atoms with Gasteiger partial charge < -0.3 is 10.4 Å². The Bertz CT molecular complexity index is 492. The number of carbonyl (C=O) groups excluding carboxylic acids is 1. The minimum Gasteiger partial charge on any atom is -0.480 e. The zero-order valence-electron chi connectivity index (χ0n) is 22.1. The van der Waals surface area contributed by atoms with Crippen molar-refractivity contribution in [2.45, 2.75) is 135 Å². The highest BCUT2D eigenvalue weighted by Crippen LogP contribution is 2.12. The van der Waals surface area contributed by atoms with Crippen LogP contribution in [0.1, 0.15) is 129 Å². The van der Waals surface area contributed by atoms with Crippen molar-refractivity contribution >= 4 is 11.9 Å². The van der Waals surface area contributed by atoms with Crippen LogP contribution in [0.3, 0.4) is 0 Å². The van der Waals surface area contributed by atoms with Crippen molar-refractivity contribution in [1.29, 1.82) is 0 Å². The first-order valence-corrected chi connectivity index (χ1v) is 13.8. The number of rotatable bonds is 24. The summed E-state index contributed by atoms with van der Waals surface area (Å²) in [5, 5.41) is 12.1. The Balaban J connectivity index is 3.33. The smallest absolute Gasteiger partial charge is 0.320 e. The van der Waals surface area contributed by atoms with Crippen molar-refractivity contribution < 1.29 is 14.7 Å². The minimum absolute atomic E-state index is 0.133. The predicted molar refractivity (Wildman–Crippen MR) is 141 cm³/mol. The van der Waals surface area contributed by atoms with Crippen LogP contribution < -0.4 is 5.32 Å². The van der Waals surface area contributed by atoms with Crippen molar-refractivity contribution in [3.63, 3.8) is 0 Å². The zero-order chi connectivity index (χ0) is 24.6. The van der Waals surface area contributed by atoms with Gasteiger partial charge in [0, 0.05) is 13.0 Å². The second kappa shape index (κ2) is 23.8. The molecular formula is C28H54N2O3. The highest BCUT2D eigenvalue weighted by atomic mass is 16.4. The number of carboxylic acid groups (broad SMARTS) is 1. The van der Waals surface area contributed by atoms with Gasteiger partial charge in [-0.05, 0) is 65.5 Å². The monoisotopic (exact) mass is 466 g/mol. The lowest BCUT2D eigenvalue weighted by atomic mass is 10.0. The molecule has 1 amide bonds. The van der Waals surface area contributed by atoms with Crippen LogP contribution in [0, 0.1) is 0 Å². The average Bonchev–Trinajstić information content (AvgIpc) is 2.77. The molecule has 0 aromatic carbocycles. The molecule has 2 N–H and O–H groups in total. The van der Waals surface area contributed by atoms with E-state index in [1.165, 1.54) is 83.5 Å². The SMILES string of the molecule is CCCCC/C=C/CCCCCCCCCCCCC(=O)NCCCC[C@@H](C(=O)O)N(C)C. The molecule has 5 heteroatoms. The molecule has 0 spiro atoms. The van der Waals surface area contributed by atoms with Gasteiger partial charge in [-0.2, -0.15) is 0 Å². The van der Waals surface area contributed by atoms with Gasteiger partial charge >= 0.3 is 5.97 Å². The van der Waals surface area contributed by atoms with Gasteiger partial charge in [0.2, 0.25) is 5.91 Å². The summed E-state index contributed by atoms with van der Waals surface area (Å²) in [5.41, 5.74) is 0. The molecule has 5 nitrogen and oxygen atoms in total. The van der Waals surface area contributed by atoms with Gasteiger partial charge in [0.05, 0.1) is 0 Å². The van der Waals surface area contributed by atoms with Crippen LogP contribution in [0.2, 0.25) is 0 Å². The van der Waals surface area contributed by atoms with E-state index in [1.54, 1.807) is 19.0 Å². The van der Waals surface area contributed by atoms with E-state index < -0.39 is 12.0 Å². The van der Waals surface area contributed by atoms with Gasteiger partial charge in [0.1, 0.15) is 6.04 Å². The van der Waals surface area contributed by atoms with E-state index in [-0.39, 0.29) is 5.91 Å². The molecule has 33 heavy (non-hydrogen) atoms. The lowest BCUT2D eigenvalue weighted by molar-refractivity contribution is -0.142. The number of hydrogen-bond donors (Lipinski definition) is 2. The van der Waals surface area contributed by atoms with Crippen molar-refractivity contribution in [3.8, 4) is 0 Å². The third kappa shape index (κ3) is 22.2. The Morgan fingerprint density at radius 1 is 0.758 bits per heavy atom. The Hall–Kier alpha value is -1.36. The number of aliphatic carboxylic acids is 1. The molecule has 0 bridgehead atoms. The third-order valence-corrected chi connectivity index (χ3v) is 6.30. The number of unbranched alkanes of at least 4 members (excludes halogenated alkanes) is 14. The maximum Gasteiger partial charge on any atom is 0.320 e. The Kier molecular flexibility index (Phi) is 22.8. The molecule has 194 valence electrons. The van der Waals surface area contributed by atoms with Crippen LogP contribution >= 0.6 is 0 Å². The van der Waals surface area contributed by atoms with E-state index in [0.717, 1.165) is 25.7 Å². The highest BCUT2D eigenvalue weighted by molar-refractivity contribution is 5.75. The largest absolute Gasteiger partial charge is 0.480 e. The van der Waals surface area contributed by atoms with Gasteiger partial charge in [-0.3, -0.25) is 14.5 Å². The van der Waals surface area contributed by atoms with Crippen molar-refractivity contribution in [1.82, 2.24) is 10.2 Å². The van der Waals surface area contributed by atoms with Crippen molar-refractivity contribution in [3.05, 3.63) is 12.2 Å². The van der Waals surface area contributed by atoms with Gasteiger partial charge in [-0.1, -0.05) is 83.3 Å². The fraction of sp³-hybridized carbons (Fsp3) is 0.857. The standard InChI is InChI=1S/C28H54N2O3/c1-4-5-6-7-8-9-10-11-12-13-14-15-16-17-18-19-20-24-27(31)29-25-22-21-23-26(28(32)33)30(2)3/h8-9,26H,4-7,10-25H2,1-3H3,(H,29,31)(H,32,33)/b9-8+/t26-/m0/s1.